The van der Waals surface area contributed by atoms with E-state index in [4.69, 9.17) is 23.7 Å². The standard InChI is InChI=1S/C28H30O10/c1-2-25(30)34-17-3-4-18-35-28(33)38-24-15-13-23(14-16-24)37-27(32)20-7-5-19(6-8-20)26(31)36-22-11-9-21(29)10-12-22/h2,9-16,19-20,29H,1,3-8,17-18H2/t19-,20-. The van der Waals surface area contributed by atoms with Crippen LogP contribution in [0.3, 0.4) is 0 Å². The van der Waals surface area contributed by atoms with Crippen LogP contribution in [-0.4, -0.2) is 42.4 Å². The van der Waals surface area contributed by atoms with Crippen LogP contribution >= 0.6 is 0 Å². The van der Waals surface area contributed by atoms with Crippen LogP contribution in [0.1, 0.15) is 38.5 Å². The van der Waals surface area contributed by atoms with Gasteiger partial charge in [-0.25, -0.2) is 9.59 Å². The van der Waals surface area contributed by atoms with Crippen LogP contribution in [0.5, 0.6) is 23.0 Å². The maximum atomic E-state index is 12.6. The fourth-order valence-electron chi connectivity index (χ4n) is 3.77. The Labute approximate surface area is 220 Å². The number of rotatable bonds is 11. The highest BCUT2D eigenvalue weighted by Gasteiger charge is 2.32. The highest BCUT2D eigenvalue weighted by Crippen LogP contribution is 2.32. The second kappa shape index (κ2) is 14.4. The normalized spacial score (nSPS) is 16.5. The number of esters is 3. The van der Waals surface area contributed by atoms with Gasteiger partial charge in [-0.05, 0) is 87.1 Å². The van der Waals surface area contributed by atoms with Crippen molar-refractivity contribution < 1.29 is 48.0 Å². The first-order valence-electron chi connectivity index (χ1n) is 12.3. The Bertz CT molecular complexity index is 1100. The highest BCUT2D eigenvalue weighted by molar-refractivity contribution is 5.81. The second-order valence-corrected chi connectivity index (χ2v) is 8.64. The van der Waals surface area contributed by atoms with Crippen LogP contribution in [0.25, 0.3) is 0 Å². The molecule has 0 aliphatic heterocycles. The molecule has 0 unspecified atom stereocenters. The molecule has 0 amide bonds. The maximum absolute atomic E-state index is 12.6. The van der Waals surface area contributed by atoms with E-state index in [-0.39, 0.29) is 48.5 Å². The molecule has 38 heavy (non-hydrogen) atoms. The Morgan fingerprint density at radius 3 is 1.61 bits per heavy atom. The molecule has 202 valence electrons. The number of phenolic OH excluding ortho intramolecular Hbond substituents is 1. The topological polar surface area (TPSA) is 135 Å². The first-order valence-corrected chi connectivity index (χ1v) is 12.3. The van der Waals surface area contributed by atoms with E-state index < -0.39 is 12.1 Å². The predicted octanol–water partition coefficient (Wildman–Crippen LogP) is 4.73. The van der Waals surface area contributed by atoms with Gasteiger partial charge in [0.1, 0.15) is 23.0 Å². The van der Waals surface area contributed by atoms with Crippen molar-refractivity contribution in [3.05, 3.63) is 61.2 Å². The molecule has 1 aliphatic carbocycles. The summed E-state index contributed by atoms with van der Waals surface area (Å²) in [4.78, 5) is 47.7. The summed E-state index contributed by atoms with van der Waals surface area (Å²) in [5.41, 5.74) is 0. The Morgan fingerprint density at radius 2 is 1.13 bits per heavy atom. The molecule has 0 spiro atoms. The molecule has 10 nitrogen and oxygen atoms in total. The highest BCUT2D eigenvalue weighted by atomic mass is 16.7. The lowest BCUT2D eigenvalue weighted by atomic mass is 9.82. The van der Waals surface area contributed by atoms with Crippen molar-refractivity contribution >= 4 is 24.1 Å². The van der Waals surface area contributed by atoms with Gasteiger partial charge in [-0.3, -0.25) is 9.59 Å². The smallest absolute Gasteiger partial charge is 0.508 e. The molecule has 2 aromatic rings. The number of hydrogen-bond acceptors (Lipinski definition) is 10. The molecular weight excluding hydrogens is 496 g/mol. The summed E-state index contributed by atoms with van der Waals surface area (Å²) in [6.45, 7) is 3.61. The van der Waals surface area contributed by atoms with Crippen molar-refractivity contribution in [3.63, 3.8) is 0 Å². The van der Waals surface area contributed by atoms with Crippen LogP contribution in [-0.2, 0) is 23.9 Å². The number of hydrogen-bond donors (Lipinski definition) is 1. The minimum atomic E-state index is -0.876. The minimum absolute atomic E-state index is 0.0856. The van der Waals surface area contributed by atoms with E-state index in [0.717, 1.165) is 6.08 Å². The zero-order valence-electron chi connectivity index (χ0n) is 20.8. The Kier molecular flexibility index (Phi) is 10.7. The zero-order valence-corrected chi connectivity index (χ0v) is 20.8. The number of phenols is 1. The molecule has 0 bridgehead atoms. The third kappa shape index (κ3) is 9.27. The molecule has 1 saturated carbocycles. The van der Waals surface area contributed by atoms with E-state index in [0.29, 0.717) is 50.0 Å². The molecule has 0 saturated heterocycles. The third-order valence-electron chi connectivity index (χ3n) is 5.86. The predicted molar refractivity (Wildman–Crippen MR) is 134 cm³/mol. The summed E-state index contributed by atoms with van der Waals surface area (Å²) < 4.78 is 25.7. The fraction of sp³-hybridized carbons (Fsp3) is 0.357. The molecule has 1 N–H and O–H groups in total. The molecule has 3 rings (SSSR count). The van der Waals surface area contributed by atoms with Crippen LogP contribution in [0, 0.1) is 11.8 Å². The number of unbranched alkanes of at least 4 members (excludes halogenated alkanes) is 1. The van der Waals surface area contributed by atoms with Gasteiger partial charge in [-0.15, -0.1) is 0 Å². The van der Waals surface area contributed by atoms with E-state index >= 15 is 0 Å². The Morgan fingerprint density at radius 1 is 0.711 bits per heavy atom. The van der Waals surface area contributed by atoms with Gasteiger partial charge in [0, 0.05) is 6.08 Å². The van der Waals surface area contributed by atoms with Crippen molar-refractivity contribution in [2.45, 2.75) is 38.5 Å². The van der Waals surface area contributed by atoms with Gasteiger partial charge in [0.05, 0.1) is 25.0 Å². The van der Waals surface area contributed by atoms with E-state index in [1.165, 1.54) is 48.5 Å². The zero-order chi connectivity index (χ0) is 27.3. The number of carbonyl (C=O) groups is 4. The number of carbonyl (C=O) groups excluding carboxylic acids is 4. The summed E-state index contributed by atoms with van der Waals surface area (Å²) in [6, 6.07) is 11.9. The molecule has 0 aromatic heterocycles. The molecule has 10 heteroatoms. The van der Waals surface area contributed by atoms with Crippen molar-refractivity contribution in [3.8, 4) is 23.0 Å². The van der Waals surface area contributed by atoms with E-state index in [1.807, 2.05) is 0 Å². The lowest BCUT2D eigenvalue weighted by Gasteiger charge is -2.25. The number of benzene rings is 2. The van der Waals surface area contributed by atoms with Gasteiger partial charge in [0.25, 0.3) is 0 Å². The van der Waals surface area contributed by atoms with E-state index in [1.54, 1.807) is 0 Å². The molecule has 0 radical (unpaired) electrons. The van der Waals surface area contributed by atoms with Crippen LogP contribution in [0.4, 0.5) is 4.79 Å². The lowest BCUT2D eigenvalue weighted by molar-refractivity contribution is -0.145. The van der Waals surface area contributed by atoms with Gasteiger partial charge in [-0.1, -0.05) is 6.58 Å². The van der Waals surface area contributed by atoms with Crippen molar-refractivity contribution in [2.75, 3.05) is 13.2 Å². The first-order chi connectivity index (χ1) is 18.3. The van der Waals surface area contributed by atoms with E-state index in [2.05, 4.69) is 6.58 Å². The maximum Gasteiger partial charge on any atom is 0.513 e. The van der Waals surface area contributed by atoms with Gasteiger partial charge >= 0.3 is 24.1 Å². The number of aromatic hydroxyl groups is 1. The average Bonchev–Trinajstić information content (AvgIpc) is 2.92. The van der Waals surface area contributed by atoms with Crippen LogP contribution < -0.4 is 14.2 Å². The average molecular weight is 527 g/mol. The first kappa shape index (κ1) is 28.2. The third-order valence-corrected chi connectivity index (χ3v) is 5.86. The Balaban J connectivity index is 1.34. The summed E-state index contributed by atoms with van der Waals surface area (Å²) in [7, 11) is 0. The van der Waals surface area contributed by atoms with Crippen LogP contribution in [0.2, 0.25) is 0 Å². The van der Waals surface area contributed by atoms with E-state index in [9.17, 15) is 24.3 Å². The quantitative estimate of drug-likeness (QED) is 0.144. The monoisotopic (exact) mass is 526 g/mol. The molecule has 1 aliphatic rings. The Hall–Kier alpha value is -4.34. The fourth-order valence-corrected chi connectivity index (χ4v) is 3.77. The summed E-state index contributed by atoms with van der Waals surface area (Å²) in [5, 5.41) is 9.32. The summed E-state index contributed by atoms with van der Waals surface area (Å²) in [6.07, 6.45) is 3.23. The molecule has 1 fully saturated rings. The molecule has 2 aromatic carbocycles. The van der Waals surface area contributed by atoms with Gasteiger partial charge in [-0.2, -0.15) is 0 Å². The lowest BCUT2D eigenvalue weighted by Crippen LogP contribution is -2.30. The van der Waals surface area contributed by atoms with Gasteiger partial charge in [0.2, 0.25) is 0 Å². The molecule has 0 atom stereocenters. The SMILES string of the molecule is C=CC(=O)OCCCCOC(=O)Oc1ccc(OC(=O)[C@H]2CC[C@H](C(=O)Oc3ccc(O)cc3)CC2)cc1. The second-order valence-electron chi connectivity index (χ2n) is 8.64. The molecular formula is C28H30O10. The summed E-state index contributed by atoms with van der Waals surface area (Å²) >= 11 is 0. The van der Waals surface area contributed by atoms with Crippen molar-refractivity contribution in [2.24, 2.45) is 11.8 Å². The van der Waals surface area contributed by atoms with Crippen molar-refractivity contribution in [1.29, 1.82) is 0 Å². The van der Waals surface area contributed by atoms with Gasteiger partial charge in [0.15, 0.2) is 0 Å². The summed E-state index contributed by atoms with van der Waals surface area (Å²) in [5.74, 6) is -0.913. The minimum Gasteiger partial charge on any atom is -0.508 e. The van der Waals surface area contributed by atoms with Gasteiger partial charge < -0.3 is 28.8 Å². The largest absolute Gasteiger partial charge is 0.513 e. The van der Waals surface area contributed by atoms with Crippen molar-refractivity contribution in [1.82, 2.24) is 0 Å². The van der Waals surface area contributed by atoms with Crippen LogP contribution in [0.15, 0.2) is 61.2 Å². The number of ether oxygens (including phenoxy) is 5. The molecule has 0 heterocycles.